The van der Waals surface area contributed by atoms with E-state index in [1.54, 1.807) is 0 Å². The van der Waals surface area contributed by atoms with Crippen LogP contribution >= 0.6 is 0 Å². The summed E-state index contributed by atoms with van der Waals surface area (Å²) in [5, 5.41) is 9.68. The van der Waals surface area contributed by atoms with Crippen LogP contribution in [0, 0.1) is 17.3 Å². The molecule has 3 heteroatoms. The van der Waals surface area contributed by atoms with Gasteiger partial charge in [0.15, 0.2) is 0 Å². The molecule has 1 heterocycles. The zero-order valence-electron chi connectivity index (χ0n) is 14.4. The molecule has 2 aliphatic rings. The van der Waals surface area contributed by atoms with Gasteiger partial charge in [-0.25, -0.2) is 0 Å². The maximum atomic E-state index is 11.8. The molecule has 1 N–H and O–H groups in total. The van der Waals surface area contributed by atoms with Crippen LogP contribution in [0.25, 0.3) is 0 Å². The second-order valence-corrected chi connectivity index (χ2v) is 8.32. The molecule has 2 fully saturated rings. The normalized spacial score (nSPS) is 38.6. The van der Waals surface area contributed by atoms with Gasteiger partial charge in [0.25, 0.3) is 0 Å². The van der Waals surface area contributed by atoms with Crippen LogP contribution in [-0.4, -0.2) is 34.1 Å². The number of likely N-dealkylation sites (tertiary alicyclic amines) is 1. The van der Waals surface area contributed by atoms with E-state index in [4.69, 9.17) is 0 Å². The van der Waals surface area contributed by atoms with Crippen LogP contribution in [0.1, 0.15) is 73.1 Å². The SMILES string of the molecule is CCC1CCC(C)N1C1CC(C(C)(C)C)CCC1C(=O)O. The van der Waals surface area contributed by atoms with Crippen molar-refractivity contribution in [2.75, 3.05) is 0 Å². The van der Waals surface area contributed by atoms with Crippen molar-refractivity contribution < 1.29 is 9.90 Å². The fourth-order valence-electron chi connectivity index (χ4n) is 4.66. The van der Waals surface area contributed by atoms with Crippen LogP contribution in [0.2, 0.25) is 0 Å². The lowest BCUT2D eigenvalue weighted by Crippen LogP contribution is -2.52. The van der Waals surface area contributed by atoms with Gasteiger partial charge in [-0.2, -0.15) is 0 Å². The van der Waals surface area contributed by atoms with Crippen LogP contribution in [0.3, 0.4) is 0 Å². The second-order valence-electron chi connectivity index (χ2n) is 8.32. The van der Waals surface area contributed by atoms with Gasteiger partial charge >= 0.3 is 5.97 Å². The van der Waals surface area contributed by atoms with Gasteiger partial charge in [-0.1, -0.05) is 27.7 Å². The number of nitrogens with zero attached hydrogens (tertiary/aromatic N) is 1. The summed E-state index contributed by atoms with van der Waals surface area (Å²) in [5.41, 5.74) is 0.284. The minimum atomic E-state index is -0.582. The minimum absolute atomic E-state index is 0.168. The molecule has 1 aliphatic carbocycles. The fourth-order valence-corrected chi connectivity index (χ4v) is 4.66. The Labute approximate surface area is 130 Å². The molecule has 21 heavy (non-hydrogen) atoms. The van der Waals surface area contributed by atoms with Gasteiger partial charge in [-0.15, -0.1) is 0 Å². The maximum Gasteiger partial charge on any atom is 0.308 e. The van der Waals surface area contributed by atoms with Crippen LogP contribution in [0.5, 0.6) is 0 Å². The molecule has 3 nitrogen and oxygen atoms in total. The Kier molecular flexibility index (Phi) is 5.02. The molecule has 5 unspecified atom stereocenters. The van der Waals surface area contributed by atoms with Crippen molar-refractivity contribution in [1.82, 2.24) is 4.90 Å². The van der Waals surface area contributed by atoms with Crippen LogP contribution in [0.4, 0.5) is 0 Å². The van der Waals surface area contributed by atoms with Crippen molar-refractivity contribution in [2.24, 2.45) is 17.3 Å². The molecular formula is C18H33NO2. The molecule has 1 saturated heterocycles. The summed E-state index contributed by atoms with van der Waals surface area (Å²) >= 11 is 0. The molecule has 122 valence electrons. The molecule has 2 rings (SSSR count). The second kappa shape index (κ2) is 6.28. The van der Waals surface area contributed by atoms with E-state index >= 15 is 0 Å². The highest BCUT2D eigenvalue weighted by atomic mass is 16.4. The first kappa shape index (κ1) is 16.8. The van der Waals surface area contributed by atoms with Crippen molar-refractivity contribution in [2.45, 2.75) is 91.3 Å². The third-order valence-corrected chi connectivity index (χ3v) is 6.06. The predicted octanol–water partition coefficient (Wildman–Crippen LogP) is 4.16. The van der Waals surface area contributed by atoms with Gasteiger partial charge < -0.3 is 5.11 Å². The molecule has 0 bridgehead atoms. The van der Waals surface area contributed by atoms with Gasteiger partial charge in [0.2, 0.25) is 0 Å². The van der Waals surface area contributed by atoms with Crippen molar-refractivity contribution in [3.05, 3.63) is 0 Å². The highest BCUT2D eigenvalue weighted by molar-refractivity contribution is 5.71. The molecule has 0 aromatic carbocycles. The summed E-state index contributed by atoms with van der Waals surface area (Å²) < 4.78 is 0. The number of carboxylic acids is 1. The summed E-state index contributed by atoms with van der Waals surface area (Å²) in [6.07, 6.45) is 6.58. The monoisotopic (exact) mass is 295 g/mol. The van der Waals surface area contributed by atoms with Gasteiger partial charge in [0.05, 0.1) is 5.92 Å². The summed E-state index contributed by atoms with van der Waals surface area (Å²) in [6, 6.07) is 1.37. The van der Waals surface area contributed by atoms with Gasteiger partial charge in [-0.05, 0) is 56.8 Å². The van der Waals surface area contributed by atoms with Gasteiger partial charge in [0, 0.05) is 18.1 Å². The number of aliphatic carboxylic acids is 1. The molecule has 0 radical (unpaired) electrons. The Bertz CT molecular complexity index is 374. The Balaban J connectivity index is 2.23. The smallest absolute Gasteiger partial charge is 0.308 e. The quantitative estimate of drug-likeness (QED) is 0.849. The van der Waals surface area contributed by atoms with E-state index in [0.717, 1.165) is 25.7 Å². The highest BCUT2D eigenvalue weighted by Crippen LogP contribution is 2.44. The summed E-state index contributed by atoms with van der Waals surface area (Å²) in [5.74, 6) is -0.108. The highest BCUT2D eigenvalue weighted by Gasteiger charge is 2.45. The van der Waals surface area contributed by atoms with E-state index in [0.29, 0.717) is 18.0 Å². The lowest BCUT2D eigenvalue weighted by atomic mass is 9.67. The van der Waals surface area contributed by atoms with Crippen LogP contribution in [0.15, 0.2) is 0 Å². The zero-order valence-corrected chi connectivity index (χ0v) is 14.4. The summed E-state index contributed by atoms with van der Waals surface area (Å²) in [6.45, 7) is 11.5. The van der Waals surface area contributed by atoms with E-state index in [2.05, 4.69) is 39.5 Å². The molecule has 0 amide bonds. The third-order valence-electron chi connectivity index (χ3n) is 6.06. The van der Waals surface area contributed by atoms with E-state index in [9.17, 15) is 9.90 Å². The topological polar surface area (TPSA) is 40.5 Å². The van der Waals surface area contributed by atoms with Crippen molar-refractivity contribution in [3.8, 4) is 0 Å². The van der Waals surface area contributed by atoms with E-state index in [-0.39, 0.29) is 17.4 Å². The zero-order chi connectivity index (χ0) is 15.8. The molecule has 0 spiro atoms. The predicted molar refractivity (Wildman–Crippen MR) is 86.3 cm³/mol. The third kappa shape index (κ3) is 3.44. The average Bonchev–Trinajstić information content (AvgIpc) is 2.77. The molecule has 1 saturated carbocycles. The first-order valence-corrected chi connectivity index (χ1v) is 8.76. The summed E-state index contributed by atoms with van der Waals surface area (Å²) in [4.78, 5) is 14.3. The first-order chi connectivity index (χ1) is 9.75. The lowest BCUT2D eigenvalue weighted by Gasteiger charge is -2.47. The lowest BCUT2D eigenvalue weighted by molar-refractivity contribution is -0.147. The van der Waals surface area contributed by atoms with E-state index in [1.165, 1.54) is 12.8 Å². The molecule has 1 aliphatic heterocycles. The number of rotatable bonds is 3. The number of carboxylic acid groups (broad SMARTS) is 1. The van der Waals surface area contributed by atoms with Crippen molar-refractivity contribution in [3.63, 3.8) is 0 Å². The molecule has 0 aromatic rings. The van der Waals surface area contributed by atoms with E-state index < -0.39 is 5.97 Å². The van der Waals surface area contributed by atoms with Crippen LogP contribution < -0.4 is 0 Å². The Morgan fingerprint density at radius 2 is 1.86 bits per heavy atom. The summed E-state index contributed by atoms with van der Waals surface area (Å²) in [7, 11) is 0. The number of hydrogen-bond donors (Lipinski definition) is 1. The molecule has 5 atom stereocenters. The number of hydrogen-bond acceptors (Lipinski definition) is 2. The average molecular weight is 295 g/mol. The van der Waals surface area contributed by atoms with Crippen molar-refractivity contribution >= 4 is 5.97 Å². The fraction of sp³-hybridized carbons (Fsp3) is 0.944. The Hall–Kier alpha value is -0.570. The minimum Gasteiger partial charge on any atom is -0.481 e. The molecular weight excluding hydrogens is 262 g/mol. The largest absolute Gasteiger partial charge is 0.481 e. The first-order valence-electron chi connectivity index (χ1n) is 8.76. The molecule has 0 aromatic heterocycles. The Morgan fingerprint density at radius 3 is 2.38 bits per heavy atom. The van der Waals surface area contributed by atoms with Gasteiger partial charge in [0.1, 0.15) is 0 Å². The number of carbonyl (C=O) groups is 1. The maximum absolute atomic E-state index is 11.8. The standard InChI is InChI=1S/C18H33NO2/c1-6-14-9-7-12(2)19(14)16-11-13(18(3,4)5)8-10-15(16)17(20)21/h12-16H,6-11H2,1-5H3,(H,20,21). The van der Waals surface area contributed by atoms with Crippen molar-refractivity contribution in [1.29, 1.82) is 0 Å². The van der Waals surface area contributed by atoms with E-state index in [1.807, 2.05) is 0 Å². The van der Waals surface area contributed by atoms with Gasteiger partial charge in [-0.3, -0.25) is 9.69 Å². The Morgan fingerprint density at radius 1 is 1.19 bits per heavy atom. The van der Waals surface area contributed by atoms with Crippen LogP contribution in [-0.2, 0) is 4.79 Å².